The summed E-state index contributed by atoms with van der Waals surface area (Å²) in [6.07, 6.45) is 2.44. The van der Waals surface area contributed by atoms with Crippen molar-refractivity contribution in [1.82, 2.24) is 0 Å². The molecule has 0 heterocycles. The van der Waals surface area contributed by atoms with Crippen LogP contribution in [-0.2, 0) is 0 Å². The van der Waals surface area contributed by atoms with Gasteiger partial charge >= 0.3 is 18.9 Å². The molecule has 0 nitrogen and oxygen atoms in total. The van der Waals surface area contributed by atoms with Crippen molar-refractivity contribution >= 4 is 15.9 Å². The zero-order valence-electron chi connectivity index (χ0n) is 8.76. The van der Waals surface area contributed by atoms with Crippen molar-refractivity contribution in [2.45, 2.75) is 24.6 Å². The first-order chi connectivity index (χ1) is 5.34. The molecule has 1 atom stereocenters. The monoisotopic (exact) mass is 220 g/mol. The van der Waals surface area contributed by atoms with Gasteiger partial charge in [-0.15, -0.1) is 0 Å². The molecule has 1 unspecified atom stereocenters. The van der Waals surface area contributed by atoms with Crippen molar-refractivity contribution in [3.8, 4) is 0 Å². The van der Waals surface area contributed by atoms with Crippen LogP contribution in [0, 0.1) is 0 Å². The topological polar surface area (TPSA) is 0 Å². The molecule has 0 aliphatic carbocycles. The van der Waals surface area contributed by atoms with Crippen LogP contribution < -0.4 is 18.9 Å². The second-order valence-corrected chi connectivity index (χ2v) is 3.77. The maximum atomic E-state index is 3.65. The van der Waals surface area contributed by atoms with Gasteiger partial charge in [0, 0.05) is 4.83 Å². The molecule has 0 amide bonds. The van der Waals surface area contributed by atoms with Crippen molar-refractivity contribution < 1.29 is 20.3 Å². The Balaban J connectivity index is 0. The Morgan fingerprint density at radius 3 is 2.42 bits per heavy atom. The third kappa shape index (κ3) is 3.80. The molecule has 0 aliphatic heterocycles. The summed E-state index contributed by atoms with van der Waals surface area (Å²) in [6.45, 7) is 2.21. The molecule has 0 saturated heterocycles. The van der Waals surface area contributed by atoms with Crippen molar-refractivity contribution in [3.63, 3.8) is 0 Å². The van der Waals surface area contributed by atoms with Gasteiger partial charge in [-0.1, -0.05) is 59.6 Å². The number of hydrogen-bond donors (Lipinski definition) is 0. The molecule has 0 radical (unpaired) electrons. The first-order valence-corrected chi connectivity index (χ1v) is 4.95. The fourth-order valence-corrected chi connectivity index (χ4v) is 1.85. The maximum Gasteiger partial charge on any atom is 1.00 e. The van der Waals surface area contributed by atoms with E-state index in [1.165, 1.54) is 18.4 Å². The van der Waals surface area contributed by atoms with E-state index in [0.29, 0.717) is 4.83 Å². The van der Waals surface area contributed by atoms with Gasteiger partial charge in [-0.25, -0.2) is 0 Å². The number of hydrogen-bond acceptors (Lipinski definition) is 0. The summed E-state index contributed by atoms with van der Waals surface area (Å²) >= 11 is 3.65. The Kier molecular flexibility index (Phi) is 6.94. The predicted octanol–water partition coefficient (Wildman–Crippen LogP) is 1.04. The van der Waals surface area contributed by atoms with E-state index in [0.717, 1.165) is 0 Å². The van der Waals surface area contributed by atoms with Crippen molar-refractivity contribution in [3.05, 3.63) is 35.9 Å². The Hall–Kier alpha value is 0.297. The van der Waals surface area contributed by atoms with Gasteiger partial charge in [-0.3, -0.25) is 0 Å². The molecule has 2 heteroatoms. The zero-order chi connectivity index (χ0) is 8.10. The quantitative estimate of drug-likeness (QED) is 0.528. The van der Waals surface area contributed by atoms with E-state index in [2.05, 4.69) is 53.2 Å². The molecule has 1 rings (SSSR count). The maximum absolute atomic E-state index is 3.65. The van der Waals surface area contributed by atoms with Gasteiger partial charge in [0.1, 0.15) is 0 Å². The normalized spacial score (nSPS) is 11.8. The SMILES string of the molecule is CCCC(Br)c1ccccc1.[H-].[Li+]. The smallest absolute Gasteiger partial charge is 1.00 e. The van der Waals surface area contributed by atoms with Crippen LogP contribution in [0.4, 0.5) is 0 Å². The molecule has 0 spiro atoms. The summed E-state index contributed by atoms with van der Waals surface area (Å²) in [5.41, 5.74) is 1.38. The van der Waals surface area contributed by atoms with Crippen LogP contribution >= 0.6 is 15.9 Å². The van der Waals surface area contributed by atoms with Crippen molar-refractivity contribution in [2.75, 3.05) is 0 Å². The van der Waals surface area contributed by atoms with Crippen LogP contribution in [0.5, 0.6) is 0 Å². The molecule has 12 heavy (non-hydrogen) atoms. The van der Waals surface area contributed by atoms with Crippen LogP contribution in [0.1, 0.15) is 31.6 Å². The zero-order valence-corrected chi connectivity index (χ0v) is 9.34. The van der Waals surface area contributed by atoms with Gasteiger partial charge in [-0.05, 0) is 12.0 Å². The van der Waals surface area contributed by atoms with E-state index < -0.39 is 0 Å². The number of benzene rings is 1. The van der Waals surface area contributed by atoms with Crippen LogP contribution in [0.2, 0.25) is 0 Å². The molecule has 1 aromatic rings. The van der Waals surface area contributed by atoms with E-state index >= 15 is 0 Å². The minimum Gasteiger partial charge on any atom is -1.00 e. The standard InChI is InChI=1S/C10H13Br.Li.H/c1-2-6-10(11)9-7-4-3-5-8-9;;/h3-5,7-8,10H,2,6H2,1H3;;/q;+1;-1. The van der Waals surface area contributed by atoms with E-state index in [4.69, 9.17) is 0 Å². The van der Waals surface area contributed by atoms with Crippen molar-refractivity contribution in [2.24, 2.45) is 0 Å². The van der Waals surface area contributed by atoms with Gasteiger partial charge in [-0.2, -0.15) is 0 Å². The second kappa shape index (κ2) is 6.77. The molecule has 0 fully saturated rings. The summed E-state index contributed by atoms with van der Waals surface area (Å²) in [4.78, 5) is 0.536. The Labute approximate surface area is 96.5 Å². The van der Waals surface area contributed by atoms with Crippen molar-refractivity contribution in [1.29, 1.82) is 0 Å². The first-order valence-electron chi connectivity index (χ1n) is 4.03. The molecular formula is C10H14BrLi. The summed E-state index contributed by atoms with van der Waals surface area (Å²) in [5.74, 6) is 0. The average Bonchev–Trinajstić information content (AvgIpc) is 2.07. The minimum absolute atomic E-state index is 0. The fourth-order valence-electron chi connectivity index (χ4n) is 1.08. The first kappa shape index (κ1) is 12.3. The Bertz CT molecular complexity index is 203. The van der Waals surface area contributed by atoms with E-state index in [1.54, 1.807) is 0 Å². The molecule has 62 valence electrons. The van der Waals surface area contributed by atoms with E-state index in [-0.39, 0.29) is 20.3 Å². The Morgan fingerprint density at radius 2 is 1.92 bits per heavy atom. The third-order valence-corrected chi connectivity index (χ3v) is 2.69. The molecule has 0 N–H and O–H groups in total. The van der Waals surface area contributed by atoms with Crippen LogP contribution in [0.3, 0.4) is 0 Å². The second-order valence-electron chi connectivity index (χ2n) is 2.67. The molecule has 1 aromatic carbocycles. The fraction of sp³-hybridized carbons (Fsp3) is 0.400. The van der Waals surface area contributed by atoms with Gasteiger partial charge in [0.25, 0.3) is 0 Å². The average molecular weight is 221 g/mol. The third-order valence-electron chi connectivity index (χ3n) is 1.70. The van der Waals surface area contributed by atoms with Gasteiger partial charge in [0.15, 0.2) is 0 Å². The van der Waals surface area contributed by atoms with E-state index in [9.17, 15) is 0 Å². The number of alkyl halides is 1. The number of rotatable bonds is 3. The van der Waals surface area contributed by atoms with E-state index in [1.807, 2.05) is 0 Å². The van der Waals surface area contributed by atoms with Gasteiger partial charge in [0.2, 0.25) is 0 Å². The largest absolute Gasteiger partial charge is 1.00 e. The summed E-state index contributed by atoms with van der Waals surface area (Å²) < 4.78 is 0. The van der Waals surface area contributed by atoms with Gasteiger partial charge < -0.3 is 1.43 Å². The number of halogens is 1. The predicted molar refractivity (Wildman–Crippen MR) is 54.1 cm³/mol. The summed E-state index contributed by atoms with van der Waals surface area (Å²) in [6, 6.07) is 10.5. The van der Waals surface area contributed by atoms with Crippen LogP contribution in [0.15, 0.2) is 30.3 Å². The summed E-state index contributed by atoms with van der Waals surface area (Å²) in [5, 5.41) is 0. The molecule has 0 aliphatic rings. The Morgan fingerprint density at radius 1 is 1.33 bits per heavy atom. The summed E-state index contributed by atoms with van der Waals surface area (Å²) in [7, 11) is 0. The molecule has 0 bridgehead atoms. The van der Waals surface area contributed by atoms with Crippen LogP contribution in [-0.4, -0.2) is 0 Å². The molecular weight excluding hydrogens is 207 g/mol. The molecule has 0 saturated carbocycles. The molecule has 0 aromatic heterocycles. The van der Waals surface area contributed by atoms with Crippen LogP contribution in [0.25, 0.3) is 0 Å². The van der Waals surface area contributed by atoms with Gasteiger partial charge in [0.05, 0.1) is 0 Å². The minimum atomic E-state index is 0.